The van der Waals surface area contributed by atoms with E-state index >= 15 is 0 Å². The fourth-order valence-electron chi connectivity index (χ4n) is 1.98. The van der Waals surface area contributed by atoms with Gasteiger partial charge in [0.15, 0.2) is 0 Å². The number of ether oxygens (including phenoxy) is 1. The van der Waals surface area contributed by atoms with Gasteiger partial charge in [-0.3, -0.25) is 0 Å². The zero-order valence-corrected chi connectivity index (χ0v) is 11.6. The number of rotatable bonds is 8. The normalized spacial score (nSPS) is 12.2. The summed E-state index contributed by atoms with van der Waals surface area (Å²) >= 11 is 0. The van der Waals surface area contributed by atoms with Crippen molar-refractivity contribution in [3.8, 4) is 5.75 Å². The highest BCUT2D eigenvalue weighted by Gasteiger charge is 2.11. The van der Waals surface area contributed by atoms with Crippen molar-refractivity contribution in [2.75, 3.05) is 6.61 Å². The number of unbranched alkanes of at least 4 members (excludes halogenated alkanes) is 2. The Kier molecular flexibility index (Phi) is 6.51. The first-order valence-corrected chi connectivity index (χ1v) is 6.81. The Bertz CT molecular complexity index is 371. The molecule has 18 heavy (non-hydrogen) atoms. The molecule has 0 amide bonds. The van der Waals surface area contributed by atoms with E-state index in [1.807, 2.05) is 25.1 Å². The monoisotopic (exact) mass is 247 g/mol. The minimum atomic E-state index is -0.00376. The van der Waals surface area contributed by atoms with E-state index in [4.69, 9.17) is 10.5 Å². The summed E-state index contributed by atoms with van der Waals surface area (Å²) in [6.45, 7) is 8.75. The first kappa shape index (κ1) is 14.8. The molecule has 1 rings (SSSR count). The van der Waals surface area contributed by atoms with Crippen LogP contribution < -0.4 is 10.5 Å². The molecule has 2 heteroatoms. The number of para-hydroxylation sites is 1. The van der Waals surface area contributed by atoms with Crippen LogP contribution in [0.4, 0.5) is 0 Å². The molecule has 1 unspecified atom stereocenters. The Hall–Kier alpha value is -1.28. The summed E-state index contributed by atoms with van der Waals surface area (Å²) in [7, 11) is 0. The van der Waals surface area contributed by atoms with E-state index in [9.17, 15) is 0 Å². The average Bonchev–Trinajstić information content (AvgIpc) is 2.36. The van der Waals surface area contributed by atoms with Crippen LogP contribution in [0, 0.1) is 0 Å². The van der Waals surface area contributed by atoms with Crippen molar-refractivity contribution in [2.45, 2.75) is 45.6 Å². The van der Waals surface area contributed by atoms with Crippen molar-refractivity contribution in [1.82, 2.24) is 0 Å². The third-order valence-electron chi connectivity index (χ3n) is 2.98. The lowest BCUT2D eigenvalue weighted by Crippen LogP contribution is -2.10. The smallest absolute Gasteiger partial charge is 0.127 e. The molecule has 1 aromatic rings. The van der Waals surface area contributed by atoms with Crippen LogP contribution in [0.25, 0.3) is 0 Å². The minimum absolute atomic E-state index is 0.00376. The summed E-state index contributed by atoms with van der Waals surface area (Å²) < 4.78 is 5.96. The van der Waals surface area contributed by atoms with Gasteiger partial charge in [-0.2, -0.15) is 0 Å². The largest absolute Gasteiger partial charge is 0.493 e. The molecule has 1 atom stereocenters. The molecule has 0 radical (unpaired) electrons. The van der Waals surface area contributed by atoms with Gasteiger partial charge in [-0.25, -0.2) is 0 Å². The van der Waals surface area contributed by atoms with Gasteiger partial charge in [-0.1, -0.05) is 44.0 Å². The number of benzene rings is 1. The maximum absolute atomic E-state index is 6.00. The molecule has 0 aliphatic heterocycles. The average molecular weight is 247 g/mol. The number of allylic oxidation sites excluding steroid dienone is 1. The SMILES string of the molecule is C=CCc1cccc(C(C)N)c1OCCCCC. The highest BCUT2D eigenvalue weighted by molar-refractivity contribution is 5.44. The van der Waals surface area contributed by atoms with Crippen molar-refractivity contribution in [1.29, 1.82) is 0 Å². The summed E-state index contributed by atoms with van der Waals surface area (Å²) in [6, 6.07) is 6.17. The summed E-state index contributed by atoms with van der Waals surface area (Å²) in [6.07, 6.45) is 6.23. The summed E-state index contributed by atoms with van der Waals surface area (Å²) in [5.74, 6) is 0.962. The number of hydrogen-bond donors (Lipinski definition) is 1. The Morgan fingerprint density at radius 3 is 2.78 bits per heavy atom. The van der Waals surface area contributed by atoms with Gasteiger partial charge in [0, 0.05) is 11.6 Å². The molecular formula is C16H25NO. The highest BCUT2D eigenvalue weighted by Crippen LogP contribution is 2.29. The van der Waals surface area contributed by atoms with Crippen LogP contribution in [0.2, 0.25) is 0 Å². The van der Waals surface area contributed by atoms with Crippen LogP contribution >= 0.6 is 0 Å². The van der Waals surface area contributed by atoms with Gasteiger partial charge < -0.3 is 10.5 Å². The lowest BCUT2D eigenvalue weighted by molar-refractivity contribution is 0.299. The first-order chi connectivity index (χ1) is 8.70. The number of nitrogens with two attached hydrogens (primary N) is 1. The quantitative estimate of drug-likeness (QED) is 0.556. The molecular weight excluding hydrogens is 222 g/mol. The second-order valence-corrected chi connectivity index (χ2v) is 4.67. The van der Waals surface area contributed by atoms with E-state index in [0.717, 1.165) is 30.8 Å². The molecule has 0 heterocycles. The molecule has 0 saturated heterocycles. The Balaban J connectivity index is 2.84. The predicted molar refractivity (Wildman–Crippen MR) is 78.0 cm³/mol. The van der Waals surface area contributed by atoms with Gasteiger partial charge >= 0.3 is 0 Å². The van der Waals surface area contributed by atoms with E-state index in [2.05, 4.69) is 19.6 Å². The third-order valence-corrected chi connectivity index (χ3v) is 2.98. The number of hydrogen-bond acceptors (Lipinski definition) is 2. The highest BCUT2D eigenvalue weighted by atomic mass is 16.5. The van der Waals surface area contributed by atoms with Crippen molar-refractivity contribution in [3.63, 3.8) is 0 Å². The van der Waals surface area contributed by atoms with E-state index < -0.39 is 0 Å². The second-order valence-electron chi connectivity index (χ2n) is 4.67. The molecule has 0 spiro atoms. The molecule has 100 valence electrons. The molecule has 1 aromatic carbocycles. The van der Waals surface area contributed by atoms with Crippen LogP contribution in [0.1, 0.15) is 50.3 Å². The Morgan fingerprint density at radius 2 is 2.17 bits per heavy atom. The van der Waals surface area contributed by atoms with E-state index in [-0.39, 0.29) is 6.04 Å². The zero-order chi connectivity index (χ0) is 13.4. The van der Waals surface area contributed by atoms with E-state index in [1.165, 1.54) is 18.4 Å². The predicted octanol–water partition coefficient (Wildman–Crippen LogP) is 4.00. The van der Waals surface area contributed by atoms with Crippen LogP contribution in [0.15, 0.2) is 30.9 Å². The minimum Gasteiger partial charge on any atom is -0.493 e. The molecule has 0 bridgehead atoms. The van der Waals surface area contributed by atoms with Gasteiger partial charge in [0.1, 0.15) is 5.75 Å². The van der Waals surface area contributed by atoms with Crippen LogP contribution in [0.5, 0.6) is 5.75 Å². The van der Waals surface area contributed by atoms with E-state index in [1.54, 1.807) is 0 Å². The van der Waals surface area contributed by atoms with Gasteiger partial charge in [0.25, 0.3) is 0 Å². The maximum Gasteiger partial charge on any atom is 0.127 e. The zero-order valence-electron chi connectivity index (χ0n) is 11.6. The van der Waals surface area contributed by atoms with Gasteiger partial charge in [0.2, 0.25) is 0 Å². The maximum atomic E-state index is 6.00. The standard InChI is InChI=1S/C16H25NO/c1-4-6-7-12-18-16-14(9-5-2)10-8-11-15(16)13(3)17/h5,8,10-11,13H,2,4,6-7,9,12,17H2,1,3H3. The Morgan fingerprint density at radius 1 is 1.39 bits per heavy atom. The van der Waals surface area contributed by atoms with Gasteiger partial charge in [-0.05, 0) is 25.3 Å². The molecule has 0 aliphatic rings. The lowest BCUT2D eigenvalue weighted by Gasteiger charge is -2.17. The fraction of sp³-hybridized carbons (Fsp3) is 0.500. The topological polar surface area (TPSA) is 35.2 Å². The van der Waals surface area contributed by atoms with Crippen molar-refractivity contribution < 1.29 is 4.74 Å². The molecule has 0 aromatic heterocycles. The van der Waals surface area contributed by atoms with Crippen LogP contribution in [0.3, 0.4) is 0 Å². The summed E-state index contributed by atoms with van der Waals surface area (Å²) in [5, 5.41) is 0. The molecule has 0 fully saturated rings. The van der Waals surface area contributed by atoms with Crippen molar-refractivity contribution in [3.05, 3.63) is 42.0 Å². The molecule has 2 N–H and O–H groups in total. The summed E-state index contributed by atoms with van der Waals surface area (Å²) in [5.41, 5.74) is 8.27. The lowest BCUT2D eigenvalue weighted by atomic mass is 10.0. The fourth-order valence-corrected chi connectivity index (χ4v) is 1.98. The van der Waals surface area contributed by atoms with Crippen LogP contribution in [-0.2, 0) is 6.42 Å². The van der Waals surface area contributed by atoms with Gasteiger partial charge in [-0.15, -0.1) is 6.58 Å². The van der Waals surface area contributed by atoms with Crippen molar-refractivity contribution in [2.24, 2.45) is 5.73 Å². The molecule has 0 saturated carbocycles. The van der Waals surface area contributed by atoms with Gasteiger partial charge in [0.05, 0.1) is 6.61 Å². The molecule has 0 aliphatic carbocycles. The van der Waals surface area contributed by atoms with Crippen LogP contribution in [-0.4, -0.2) is 6.61 Å². The Labute approximate surface area is 111 Å². The third kappa shape index (κ3) is 4.19. The van der Waals surface area contributed by atoms with E-state index in [0.29, 0.717) is 0 Å². The summed E-state index contributed by atoms with van der Waals surface area (Å²) in [4.78, 5) is 0. The first-order valence-electron chi connectivity index (χ1n) is 6.81. The molecule has 2 nitrogen and oxygen atoms in total. The van der Waals surface area contributed by atoms with Crippen molar-refractivity contribution >= 4 is 0 Å². The second kappa shape index (κ2) is 7.93.